The monoisotopic (exact) mass is 245 g/mol. The third-order valence-electron chi connectivity index (χ3n) is 2.90. The molecule has 0 aliphatic carbocycles. The molecule has 2 atom stereocenters. The summed E-state index contributed by atoms with van der Waals surface area (Å²) in [6.07, 6.45) is 4.39. The molecule has 1 aliphatic rings. The van der Waals surface area contributed by atoms with Gasteiger partial charge in [-0.25, -0.2) is 9.97 Å². The van der Waals surface area contributed by atoms with Gasteiger partial charge in [0.25, 0.3) is 0 Å². The molecule has 82 valence electrons. The van der Waals surface area contributed by atoms with Crippen molar-refractivity contribution in [2.24, 2.45) is 5.92 Å². The first-order valence-electron chi connectivity index (χ1n) is 5.02. The number of nitrogens with zero attached hydrogens (tertiary/aromatic N) is 3. The first-order chi connectivity index (χ1) is 7.22. The van der Waals surface area contributed by atoms with Crippen LogP contribution < -0.4 is 4.90 Å². The number of hydrogen-bond donors (Lipinski definition) is 0. The van der Waals surface area contributed by atoms with Crippen molar-refractivity contribution in [2.75, 3.05) is 17.3 Å². The van der Waals surface area contributed by atoms with E-state index in [9.17, 15) is 0 Å². The smallest absolute Gasteiger partial charge is 0.225 e. The van der Waals surface area contributed by atoms with E-state index in [0.717, 1.165) is 18.9 Å². The summed E-state index contributed by atoms with van der Waals surface area (Å²) in [6, 6.07) is 0.341. The summed E-state index contributed by atoms with van der Waals surface area (Å²) in [6.45, 7) is 3.18. The Labute approximate surface area is 99.4 Å². The number of aromatic nitrogens is 2. The summed E-state index contributed by atoms with van der Waals surface area (Å²) in [5, 5.41) is 0.563. The van der Waals surface area contributed by atoms with Crippen LogP contribution in [0.4, 0.5) is 5.95 Å². The topological polar surface area (TPSA) is 29.0 Å². The molecule has 2 rings (SSSR count). The van der Waals surface area contributed by atoms with Crippen molar-refractivity contribution in [1.29, 1.82) is 0 Å². The van der Waals surface area contributed by atoms with E-state index in [1.807, 2.05) is 0 Å². The maximum atomic E-state index is 5.96. The molecule has 1 aromatic heterocycles. The highest BCUT2D eigenvalue weighted by Gasteiger charge is 2.31. The van der Waals surface area contributed by atoms with Crippen LogP contribution in [-0.4, -0.2) is 28.4 Å². The van der Waals surface area contributed by atoms with E-state index in [1.54, 1.807) is 12.4 Å². The molecule has 0 spiro atoms. The van der Waals surface area contributed by atoms with Gasteiger partial charge in [-0.05, 0) is 12.3 Å². The lowest BCUT2D eigenvalue weighted by Crippen LogP contribution is -2.34. The third-order valence-corrected chi connectivity index (χ3v) is 3.42. The predicted molar refractivity (Wildman–Crippen MR) is 62.7 cm³/mol. The van der Waals surface area contributed by atoms with E-state index < -0.39 is 0 Å². The minimum atomic E-state index is 0.341. The molecule has 15 heavy (non-hydrogen) atoms. The normalized spacial score (nSPS) is 25.9. The molecule has 0 N–H and O–H groups in total. The van der Waals surface area contributed by atoms with Crippen LogP contribution >= 0.6 is 23.2 Å². The fraction of sp³-hybridized carbons (Fsp3) is 0.600. The summed E-state index contributed by atoms with van der Waals surface area (Å²) in [5.41, 5.74) is 0. The summed E-state index contributed by atoms with van der Waals surface area (Å²) in [7, 11) is 0. The summed E-state index contributed by atoms with van der Waals surface area (Å²) in [5.74, 6) is 1.95. The largest absolute Gasteiger partial charge is 0.336 e. The van der Waals surface area contributed by atoms with Crippen LogP contribution in [0.25, 0.3) is 0 Å². The second kappa shape index (κ2) is 4.54. The molecule has 1 aliphatic heterocycles. The van der Waals surface area contributed by atoms with Crippen molar-refractivity contribution >= 4 is 29.2 Å². The number of rotatable bonds is 2. The fourth-order valence-corrected chi connectivity index (χ4v) is 2.51. The molecule has 0 amide bonds. The molecule has 1 aromatic rings. The highest BCUT2D eigenvalue weighted by molar-refractivity contribution is 6.30. The van der Waals surface area contributed by atoms with E-state index in [1.165, 1.54) is 0 Å². The van der Waals surface area contributed by atoms with Crippen molar-refractivity contribution in [2.45, 2.75) is 19.4 Å². The van der Waals surface area contributed by atoms with E-state index in [2.05, 4.69) is 21.8 Å². The minimum absolute atomic E-state index is 0.341. The number of anilines is 1. The maximum Gasteiger partial charge on any atom is 0.225 e. The number of hydrogen-bond acceptors (Lipinski definition) is 3. The molecule has 1 saturated heterocycles. The predicted octanol–water partition coefficient (Wildman–Crippen LogP) is 2.58. The van der Waals surface area contributed by atoms with E-state index in [-0.39, 0.29) is 0 Å². The zero-order valence-electron chi connectivity index (χ0n) is 8.53. The highest BCUT2D eigenvalue weighted by atomic mass is 35.5. The Bertz CT molecular complexity index is 328. The van der Waals surface area contributed by atoms with Crippen LogP contribution in [0.5, 0.6) is 0 Å². The first kappa shape index (κ1) is 11.0. The van der Waals surface area contributed by atoms with Gasteiger partial charge in [0.15, 0.2) is 0 Å². The van der Waals surface area contributed by atoms with E-state index >= 15 is 0 Å². The maximum absolute atomic E-state index is 5.96. The molecule has 0 aromatic carbocycles. The van der Waals surface area contributed by atoms with Gasteiger partial charge in [0, 0.05) is 18.5 Å². The number of halogens is 2. The third kappa shape index (κ3) is 2.18. The van der Waals surface area contributed by atoms with Gasteiger partial charge in [-0.15, -0.1) is 11.6 Å². The molecule has 3 nitrogen and oxygen atoms in total. The second-order valence-corrected chi connectivity index (χ2v) is 4.63. The highest BCUT2D eigenvalue weighted by Crippen LogP contribution is 2.28. The van der Waals surface area contributed by atoms with Crippen molar-refractivity contribution in [3.05, 3.63) is 17.4 Å². The standard InChI is InChI=1S/C10H13Cl2N3/c1-7-2-3-15(9(7)4-11)10-13-5-8(12)6-14-10/h5-7,9H,2-4H2,1H3. The van der Waals surface area contributed by atoms with Gasteiger partial charge < -0.3 is 4.90 Å². The summed E-state index contributed by atoms with van der Waals surface area (Å²) in [4.78, 5) is 10.6. The van der Waals surface area contributed by atoms with Gasteiger partial charge >= 0.3 is 0 Å². The fourth-order valence-electron chi connectivity index (χ4n) is 1.95. The Morgan fingerprint density at radius 3 is 2.73 bits per heavy atom. The molecule has 2 heterocycles. The molecular formula is C10H13Cl2N3. The molecular weight excluding hydrogens is 233 g/mol. The molecule has 1 fully saturated rings. The van der Waals surface area contributed by atoms with E-state index in [0.29, 0.717) is 22.9 Å². The Hall–Kier alpha value is -0.540. The van der Waals surface area contributed by atoms with E-state index in [4.69, 9.17) is 23.2 Å². The zero-order chi connectivity index (χ0) is 10.8. The van der Waals surface area contributed by atoms with Crippen LogP contribution in [0.2, 0.25) is 5.02 Å². The Morgan fingerprint density at radius 1 is 1.47 bits per heavy atom. The van der Waals surface area contributed by atoms with Gasteiger partial charge in [-0.3, -0.25) is 0 Å². The van der Waals surface area contributed by atoms with Crippen LogP contribution in [-0.2, 0) is 0 Å². The van der Waals surface area contributed by atoms with Gasteiger partial charge in [0.2, 0.25) is 5.95 Å². The van der Waals surface area contributed by atoms with Gasteiger partial charge in [0.05, 0.1) is 17.4 Å². The van der Waals surface area contributed by atoms with Crippen LogP contribution in [0.15, 0.2) is 12.4 Å². The zero-order valence-corrected chi connectivity index (χ0v) is 10.0. The van der Waals surface area contributed by atoms with Crippen LogP contribution in [0.3, 0.4) is 0 Å². The molecule has 2 unspecified atom stereocenters. The Morgan fingerprint density at radius 2 is 2.13 bits per heavy atom. The van der Waals surface area contributed by atoms with Gasteiger partial charge in [-0.1, -0.05) is 18.5 Å². The van der Waals surface area contributed by atoms with Crippen molar-refractivity contribution in [3.63, 3.8) is 0 Å². The summed E-state index contributed by atoms with van der Waals surface area (Å²) < 4.78 is 0. The lowest BCUT2D eigenvalue weighted by atomic mass is 10.1. The van der Waals surface area contributed by atoms with Crippen molar-refractivity contribution in [3.8, 4) is 0 Å². The lowest BCUT2D eigenvalue weighted by Gasteiger charge is -2.24. The molecule has 0 saturated carbocycles. The van der Waals surface area contributed by atoms with Crippen LogP contribution in [0.1, 0.15) is 13.3 Å². The van der Waals surface area contributed by atoms with Crippen molar-refractivity contribution in [1.82, 2.24) is 9.97 Å². The quantitative estimate of drug-likeness (QED) is 0.751. The average molecular weight is 246 g/mol. The minimum Gasteiger partial charge on any atom is -0.336 e. The second-order valence-electron chi connectivity index (χ2n) is 3.88. The van der Waals surface area contributed by atoms with Crippen LogP contribution in [0, 0.1) is 5.92 Å². The van der Waals surface area contributed by atoms with Gasteiger partial charge in [0.1, 0.15) is 0 Å². The first-order valence-corrected chi connectivity index (χ1v) is 5.93. The van der Waals surface area contributed by atoms with Crippen molar-refractivity contribution < 1.29 is 0 Å². The lowest BCUT2D eigenvalue weighted by molar-refractivity contribution is 0.546. The summed E-state index contributed by atoms with van der Waals surface area (Å²) >= 11 is 11.7. The Kier molecular flexibility index (Phi) is 3.32. The molecule has 5 heteroatoms. The van der Waals surface area contributed by atoms with Gasteiger partial charge in [-0.2, -0.15) is 0 Å². The SMILES string of the molecule is CC1CCN(c2ncc(Cl)cn2)C1CCl. The molecule has 0 bridgehead atoms. The average Bonchev–Trinajstić information content (AvgIpc) is 2.61. The molecule has 0 radical (unpaired) electrons. The number of alkyl halides is 1. The Balaban J connectivity index is 2.20.